The maximum absolute atomic E-state index is 14.0. The van der Waals surface area contributed by atoms with Gasteiger partial charge in [-0.25, -0.2) is 4.39 Å². The minimum atomic E-state index is -0.598. The number of benzene rings is 1. The number of rotatable bonds is 4. The third-order valence-electron chi connectivity index (χ3n) is 5.00. The molecule has 0 unspecified atom stereocenters. The number of carbonyl (C=O) groups is 2. The van der Waals surface area contributed by atoms with Gasteiger partial charge in [0.2, 0.25) is 5.91 Å². The van der Waals surface area contributed by atoms with Crippen LogP contribution < -0.4 is 5.32 Å². The van der Waals surface area contributed by atoms with Crippen LogP contribution in [0.3, 0.4) is 0 Å². The van der Waals surface area contributed by atoms with Gasteiger partial charge in [-0.15, -0.1) is 0 Å². The molecule has 9 heteroatoms. The van der Waals surface area contributed by atoms with Crippen LogP contribution in [0.5, 0.6) is 0 Å². The Bertz CT molecular complexity index is 1070. The summed E-state index contributed by atoms with van der Waals surface area (Å²) in [4.78, 5) is 31.3. The molecule has 2 aromatic heterocycles. The molecule has 3 aromatic rings. The van der Waals surface area contributed by atoms with E-state index in [1.807, 2.05) is 12.1 Å². The van der Waals surface area contributed by atoms with Crippen LogP contribution >= 0.6 is 11.6 Å². The molecule has 1 aliphatic rings. The number of nitrogens with zero attached hydrogens (tertiary/aromatic N) is 3. The molecule has 30 heavy (non-hydrogen) atoms. The summed E-state index contributed by atoms with van der Waals surface area (Å²) in [6.07, 6.45) is 2.95. The number of carbonyl (C=O) groups excluding carboxylic acids is 2. The molecule has 2 N–H and O–H groups in total. The first-order valence-corrected chi connectivity index (χ1v) is 9.91. The Morgan fingerprint density at radius 2 is 2.07 bits per heavy atom. The van der Waals surface area contributed by atoms with Crippen molar-refractivity contribution in [3.8, 4) is 11.4 Å². The number of hydrogen-bond acceptors (Lipinski definition) is 4. The topological polar surface area (TPSA) is 91.0 Å². The highest BCUT2D eigenvalue weighted by atomic mass is 35.5. The summed E-state index contributed by atoms with van der Waals surface area (Å²) >= 11 is 5.75. The Kier molecular flexibility index (Phi) is 5.76. The van der Waals surface area contributed by atoms with Gasteiger partial charge < -0.3 is 10.2 Å². The second-order valence-electron chi connectivity index (χ2n) is 7.09. The van der Waals surface area contributed by atoms with Crippen molar-refractivity contribution in [3.63, 3.8) is 0 Å². The fourth-order valence-corrected chi connectivity index (χ4v) is 3.61. The molecule has 7 nitrogen and oxygen atoms in total. The second kappa shape index (κ2) is 8.62. The Balaban J connectivity index is 1.43. The molecular weight excluding hydrogens is 409 g/mol. The van der Waals surface area contributed by atoms with E-state index in [9.17, 15) is 14.0 Å². The second-order valence-corrected chi connectivity index (χ2v) is 7.52. The van der Waals surface area contributed by atoms with Gasteiger partial charge in [0, 0.05) is 24.3 Å². The van der Waals surface area contributed by atoms with Crippen LogP contribution in [0.25, 0.3) is 11.4 Å². The summed E-state index contributed by atoms with van der Waals surface area (Å²) < 4.78 is 14.0. The molecule has 1 atom stereocenters. The molecule has 1 aromatic carbocycles. The minimum absolute atomic E-state index is 0.0708. The lowest BCUT2D eigenvalue weighted by Crippen LogP contribution is -2.44. The maximum Gasteiger partial charge on any atom is 0.271 e. The van der Waals surface area contributed by atoms with E-state index in [4.69, 9.17) is 11.6 Å². The Morgan fingerprint density at radius 3 is 2.83 bits per heavy atom. The van der Waals surface area contributed by atoms with E-state index in [2.05, 4.69) is 20.5 Å². The Morgan fingerprint density at radius 1 is 1.20 bits per heavy atom. The van der Waals surface area contributed by atoms with Crippen molar-refractivity contribution in [2.45, 2.75) is 12.8 Å². The maximum atomic E-state index is 14.0. The number of piperidine rings is 1. The smallest absolute Gasteiger partial charge is 0.271 e. The number of anilines is 1. The van der Waals surface area contributed by atoms with E-state index in [-0.39, 0.29) is 29.1 Å². The molecule has 3 heterocycles. The fourth-order valence-electron chi connectivity index (χ4n) is 3.45. The molecule has 0 saturated carbocycles. The number of amides is 2. The van der Waals surface area contributed by atoms with Gasteiger partial charge in [0.1, 0.15) is 17.2 Å². The molecule has 0 bridgehead atoms. The van der Waals surface area contributed by atoms with Gasteiger partial charge >= 0.3 is 0 Å². The zero-order chi connectivity index (χ0) is 21.1. The van der Waals surface area contributed by atoms with Crippen LogP contribution in [0.1, 0.15) is 23.3 Å². The van der Waals surface area contributed by atoms with Gasteiger partial charge in [-0.2, -0.15) is 5.10 Å². The molecular formula is C21H19ClFN5O2. The SMILES string of the molecule is O=C(Nc1ccc(Cl)cc1F)[C@@H]1CCCN(C(=O)c2cc(-c3ccccn3)n[nH]2)C1. The summed E-state index contributed by atoms with van der Waals surface area (Å²) in [6.45, 7) is 0.785. The first-order chi connectivity index (χ1) is 14.5. The number of halogens is 2. The van der Waals surface area contributed by atoms with Crippen LogP contribution in [0.2, 0.25) is 5.02 Å². The molecule has 0 aliphatic carbocycles. The molecule has 154 valence electrons. The zero-order valence-electron chi connectivity index (χ0n) is 15.9. The zero-order valence-corrected chi connectivity index (χ0v) is 16.7. The summed E-state index contributed by atoms with van der Waals surface area (Å²) in [7, 11) is 0. The summed E-state index contributed by atoms with van der Waals surface area (Å²) in [5.74, 6) is -1.59. The summed E-state index contributed by atoms with van der Waals surface area (Å²) in [6, 6.07) is 11.2. The minimum Gasteiger partial charge on any atom is -0.337 e. The fraction of sp³-hybridized carbons (Fsp3) is 0.238. The van der Waals surface area contributed by atoms with Crippen molar-refractivity contribution in [2.75, 3.05) is 18.4 Å². The monoisotopic (exact) mass is 427 g/mol. The van der Waals surface area contributed by atoms with Crippen molar-refractivity contribution in [1.82, 2.24) is 20.1 Å². The van der Waals surface area contributed by atoms with Gasteiger partial charge in [0.15, 0.2) is 0 Å². The van der Waals surface area contributed by atoms with Gasteiger partial charge in [-0.1, -0.05) is 17.7 Å². The number of hydrogen-bond donors (Lipinski definition) is 2. The molecule has 1 fully saturated rings. The normalized spacial score (nSPS) is 16.3. The molecule has 0 spiro atoms. The number of likely N-dealkylation sites (tertiary alicyclic amines) is 1. The lowest BCUT2D eigenvalue weighted by Gasteiger charge is -2.31. The van der Waals surface area contributed by atoms with Crippen LogP contribution in [0.4, 0.5) is 10.1 Å². The van der Waals surface area contributed by atoms with E-state index in [0.717, 1.165) is 6.07 Å². The summed E-state index contributed by atoms with van der Waals surface area (Å²) in [5, 5.41) is 9.76. The lowest BCUT2D eigenvalue weighted by atomic mass is 9.96. The average molecular weight is 428 g/mol. The van der Waals surface area contributed by atoms with E-state index in [1.54, 1.807) is 23.2 Å². The number of H-pyrrole nitrogens is 1. The largest absolute Gasteiger partial charge is 0.337 e. The predicted molar refractivity (Wildman–Crippen MR) is 110 cm³/mol. The van der Waals surface area contributed by atoms with Crippen molar-refractivity contribution in [3.05, 3.63) is 65.2 Å². The Labute approximate surface area is 177 Å². The van der Waals surface area contributed by atoms with Gasteiger partial charge in [-0.3, -0.25) is 19.7 Å². The number of nitrogens with one attached hydrogen (secondary N) is 2. The number of aromatic amines is 1. The van der Waals surface area contributed by atoms with E-state index in [1.165, 1.54) is 12.1 Å². The van der Waals surface area contributed by atoms with Crippen molar-refractivity contribution in [2.24, 2.45) is 5.92 Å². The molecule has 1 aliphatic heterocycles. The first kappa shape index (κ1) is 20.0. The van der Waals surface area contributed by atoms with Crippen molar-refractivity contribution in [1.29, 1.82) is 0 Å². The van der Waals surface area contributed by atoms with Crippen molar-refractivity contribution < 1.29 is 14.0 Å². The lowest BCUT2D eigenvalue weighted by molar-refractivity contribution is -0.121. The van der Waals surface area contributed by atoms with Crippen LogP contribution in [0.15, 0.2) is 48.7 Å². The third kappa shape index (κ3) is 4.33. The quantitative estimate of drug-likeness (QED) is 0.663. The molecule has 1 saturated heterocycles. The highest BCUT2D eigenvalue weighted by molar-refractivity contribution is 6.30. The van der Waals surface area contributed by atoms with Gasteiger partial charge in [-0.05, 0) is 49.2 Å². The number of pyridine rings is 1. The number of aromatic nitrogens is 3. The average Bonchev–Trinajstić information content (AvgIpc) is 3.26. The Hall–Kier alpha value is -3.26. The van der Waals surface area contributed by atoms with E-state index < -0.39 is 11.7 Å². The van der Waals surface area contributed by atoms with Gasteiger partial charge in [0.05, 0.1) is 17.3 Å². The standard InChI is InChI=1S/C21H19ClFN5O2/c22-14-6-7-16(15(23)10-14)25-20(29)13-4-3-9-28(12-13)21(30)19-11-18(26-27-19)17-5-1-2-8-24-17/h1-2,5-8,10-11,13H,3-4,9,12H2,(H,25,29)(H,26,27)/t13-/m1/s1. The molecule has 2 amide bonds. The summed E-state index contributed by atoms with van der Waals surface area (Å²) in [5.41, 5.74) is 1.64. The van der Waals surface area contributed by atoms with Crippen molar-refractivity contribution >= 4 is 29.1 Å². The van der Waals surface area contributed by atoms with E-state index in [0.29, 0.717) is 36.5 Å². The highest BCUT2D eigenvalue weighted by Crippen LogP contribution is 2.24. The van der Waals surface area contributed by atoms with Crippen LogP contribution in [-0.4, -0.2) is 45.0 Å². The van der Waals surface area contributed by atoms with Crippen LogP contribution in [-0.2, 0) is 4.79 Å². The predicted octanol–water partition coefficient (Wildman–Crippen LogP) is 3.76. The molecule has 0 radical (unpaired) electrons. The molecule has 4 rings (SSSR count). The highest BCUT2D eigenvalue weighted by Gasteiger charge is 2.30. The van der Waals surface area contributed by atoms with E-state index >= 15 is 0 Å². The third-order valence-corrected chi connectivity index (χ3v) is 5.24. The van der Waals surface area contributed by atoms with Crippen LogP contribution in [0, 0.1) is 11.7 Å². The first-order valence-electron chi connectivity index (χ1n) is 9.53. The van der Waals surface area contributed by atoms with Gasteiger partial charge in [0.25, 0.3) is 5.91 Å².